The molecular weight excluding hydrogens is 480 g/mol. The minimum atomic E-state index is -4.98. The highest BCUT2D eigenvalue weighted by Gasteiger charge is 2.37. The van der Waals surface area contributed by atoms with E-state index in [1.807, 2.05) is 0 Å². The largest absolute Gasteiger partial charge is 0.612 e. The smallest absolute Gasteiger partial charge is 0.416 e. The average molecular weight is 495 g/mol. The van der Waals surface area contributed by atoms with E-state index in [1.165, 1.54) is 35.7 Å². The van der Waals surface area contributed by atoms with Gasteiger partial charge in [0.2, 0.25) is 0 Å². The second kappa shape index (κ2) is 8.80. The van der Waals surface area contributed by atoms with Crippen molar-refractivity contribution in [2.24, 2.45) is 0 Å². The lowest BCUT2D eigenvalue weighted by Crippen LogP contribution is -2.11. The molecule has 0 saturated heterocycles. The van der Waals surface area contributed by atoms with Crippen LogP contribution in [0.5, 0.6) is 0 Å². The molecule has 0 radical (unpaired) electrons. The fraction of sp³-hybridized carbons (Fsp3) is 0.130. The number of aromatic nitrogens is 3. The van der Waals surface area contributed by atoms with E-state index < -0.39 is 34.7 Å². The summed E-state index contributed by atoms with van der Waals surface area (Å²) < 4.78 is 93.9. The number of imidazole rings is 1. The molecule has 0 spiro atoms. The number of rotatable bonds is 4. The summed E-state index contributed by atoms with van der Waals surface area (Å²) in [6.07, 6.45) is -3.12. The van der Waals surface area contributed by atoms with Gasteiger partial charge < -0.3 is 4.55 Å². The minimum Gasteiger partial charge on any atom is -0.612 e. The maximum Gasteiger partial charge on any atom is 0.416 e. The maximum atomic E-state index is 13.4. The molecule has 0 amide bonds. The van der Waals surface area contributed by atoms with Gasteiger partial charge in [0, 0.05) is 22.9 Å². The molecule has 4 aromatic rings. The highest BCUT2D eigenvalue weighted by Crippen LogP contribution is 2.40. The van der Waals surface area contributed by atoms with Crippen molar-refractivity contribution in [3.63, 3.8) is 0 Å². The second-order valence-corrected chi connectivity index (χ2v) is 8.63. The monoisotopic (exact) mass is 495 g/mol. The van der Waals surface area contributed by atoms with Crippen molar-refractivity contribution in [3.05, 3.63) is 84.6 Å². The van der Waals surface area contributed by atoms with E-state index in [0.717, 1.165) is 0 Å². The lowest BCUT2D eigenvalue weighted by Gasteiger charge is -2.17. The van der Waals surface area contributed by atoms with Gasteiger partial charge in [0.05, 0.1) is 41.2 Å². The molecular formula is C23H15F6N3OS. The molecule has 0 saturated carbocycles. The third-order valence-corrected chi connectivity index (χ3v) is 6.04. The molecule has 4 nitrogen and oxygen atoms in total. The lowest BCUT2D eigenvalue weighted by molar-refractivity contribution is -0.143. The number of hydrogen-bond acceptors (Lipinski definition) is 3. The van der Waals surface area contributed by atoms with Gasteiger partial charge in [0.25, 0.3) is 0 Å². The summed E-state index contributed by atoms with van der Waals surface area (Å²) in [5.74, 6) is 0. The molecule has 4 rings (SSSR count). The van der Waals surface area contributed by atoms with Gasteiger partial charge in [0.15, 0.2) is 4.90 Å². The first kappa shape index (κ1) is 23.8. The summed E-state index contributed by atoms with van der Waals surface area (Å²) in [5.41, 5.74) is -1.71. The topological polar surface area (TPSA) is 53.8 Å². The Hall–Kier alpha value is -3.31. The predicted octanol–water partition coefficient (Wildman–Crippen LogP) is 6.38. The van der Waals surface area contributed by atoms with Gasteiger partial charge in [-0.1, -0.05) is 12.1 Å². The van der Waals surface area contributed by atoms with Crippen molar-refractivity contribution < 1.29 is 30.9 Å². The zero-order valence-corrected chi connectivity index (χ0v) is 18.2. The van der Waals surface area contributed by atoms with Crippen molar-refractivity contribution in [2.75, 3.05) is 6.26 Å². The molecule has 0 aliphatic heterocycles. The van der Waals surface area contributed by atoms with Gasteiger partial charge >= 0.3 is 12.4 Å². The molecule has 176 valence electrons. The van der Waals surface area contributed by atoms with Crippen LogP contribution < -0.4 is 0 Å². The van der Waals surface area contributed by atoms with Crippen LogP contribution in [0.15, 0.2) is 78.3 Å². The van der Waals surface area contributed by atoms with Crippen LogP contribution in [0.3, 0.4) is 0 Å². The van der Waals surface area contributed by atoms with Crippen molar-refractivity contribution in [1.29, 1.82) is 0 Å². The van der Waals surface area contributed by atoms with Crippen LogP contribution in [0.1, 0.15) is 11.1 Å². The first-order valence-electron chi connectivity index (χ1n) is 9.66. The highest BCUT2D eigenvalue weighted by atomic mass is 32.2. The molecule has 11 heteroatoms. The third kappa shape index (κ3) is 4.66. The summed E-state index contributed by atoms with van der Waals surface area (Å²) >= 11 is -1.36. The van der Waals surface area contributed by atoms with Crippen LogP contribution in [0.2, 0.25) is 0 Å². The van der Waals surface area contributed by atoms with E-state index >= 15 is 0 Å². The number of halogens is 6. The third-order valence-electron chi connectivity index (χ3n) is 5.07. The molecule has 2 aromatic carbocycles. The summed E-state index contributed by atoms with van der Waals surface area (Å²) in [4.78, 5) is 8.54. The van der Waals surface area contributed by atoms with E-state index in [2.05, 4.69) is 9.97 Å². The molecule has 34 heavy (non-hydrogen) atoms. The Morgan fingerprint density at radius 3 is 2.09 bits per heavy atom. The number of nitrogens with zero attached hydrogens (tertiary/aromatic N) is 3. The summed E-state index contributed by atoms with van der Waals surface area (Å²) in [7, 11) is 0. The Morgan fingerprint density at radius 2 is 1.47 bits per heavy atom. The molecule has 0 bridgehead atoms. The van der Waals surface area contributed by atoms with Crippen LogP contribution >= 0.6 is 0 Å². The number of pyridine rings is 1. The molecule has 0 fully saturated rings. The van der Waals surface area contributed by atoms with Crippen molar-refractivity contribution in [2.45, 2.75) is 17.2 Å². The van der Waals surface area contributed by atoms with Crippen molar-refractivity contribution >= 4 is 11.2 Å². The molecule has 1 unspecified atom stereocenters. The summed E-state index contributed by atoms with van der Waals surface area (Å²) in [6, 6.07) is 9.83. The minimum absolute atomic E-state index is 0.000882. The lowest BCUT2D eigenvalue weighted by atomic mass is 10.0. The standard InChI is InChI=1S/C23H15F6N3OS/c1-34(33)21-5-3-2-4-18(21)17-6-7-30-12-20(17)32-13-31-11-19(32)14-8-15(22(24,25)26)10-16(9-14)23(27,28)29/h2-13H,1H3. The van der Waals surface area contributed by atoms with Crippen molar-refractivity contribution in [1.82, 2.24) is 14.5 Å². The van der Waals surface area contributed by atoms with Crippen LogP contribution in [0, 0.1) is 0 Å². The molecule has 2 heterocycles. The normalized spacial score (nSPS) is 13.2. The SMILES string of the molecule is C[S+]([O-])c1ccccc1-c1ccncc1-n1cncc1-c1cc(C(F)(F)F)cc(C(F)(F)F)c1. The van der Waals surface area contributed by atoms with Gasteiger partial charge in [0.1, 0.15) is 6.26 Å². The van der Waals surface area contributed by atoms with E-state index in [-0.39, 0.29) is 17.3 Å². The quantitative estimate of drug-likeness (QED) is 0.244. The Morgan fingerprint density at radius 1 is 0.824 bits per heavy atom. The van der Waals surface area contributed by atoms with E-state index in [1.54, 1.807) is 30.3 Å². The van der Waals surface area contributed by atoms with E-state index in [9.17, 15) is 30.9 Å². The summed E-state index contributed by atoms with van der Waals surface area (Å²) in [6.45, 7) is 0. The fourth-order valence-corrected chi connectivity index (χ4v) is 4.31. The predicted molar refractivity (Wildman–Crippen MR) is 115 cm³/mol. The molecule has 0 aliphatic rings. The van der Waals surface area contributed by atoms with Crippen LogP contribution in [0.4, 0.5) is 26.3 Å². The first-order chi connectivity index (χ1) is 16.0. The zero-order valence-electron chi connectivity index (χ0n) is 17.4. The van der Waals surface area contributed by atoms with Crippen molar-refractivity contribution in [3.8, 4) is 28.1 Å². The Bertz CT molecular complexity index is 1300. The first-order valence-corrected chi connectivity index (χ1v) is 11.2. The van der Waals surface area contributed by atoms with Gasteiger partial charge in [-0.3, -0.25) is 9.55 Å². The zero-order chi connectivity index (χ0) is 24.7. The van der Waals surface area contributed by atoms with Crippen LogP contribution in [0.25, 0.3) is 28.1 Å². The van der Waals surface area contributed by atoms with Gasteiger partial charge in [-0.25, -0.2) is 4.98 Å². The average Bonchev–Trinajstić information content (AvgIpc) is 3.27. The molecule has 0 N–H and O–H groups in total. The highest BCUT2D eigenvalue weighted by molar-refractivity contribution is 7.90. The van der Waals surface area contributed by atoms with Gasteiger partial charge in [-0.05, 0) is 47.6 Å². The Labute approximate surface area is 193 Å². The van der Waals surface area contributed by atoms with Crippen LogP contribution in [-0.4, -0.2) is 25.3 Å². The second-order valence-electron chi connectivity index (χ2n) is 7.29. The number of benzene rings is 2. The van der Waals surface area contributed by atoms with Gasteiger partial charge in [-0.2, -0.15) is 26.3 Å². The van der Waals surface area contributed by atoms with Gasteiger partial charge in [-0.15, -0.1) is 0 Å². The Balaban J connectivity index is 1.94. The number of alkyl halides is 6. The number of hydrogen-bond donors (Lipinski definition) is 0. The maximum absolute atomic E-state index is 13.4. The summed E-state index contributed by atoms with van der Waals surface area (Å²) in [5, 5.41) is 0. The molecule has 2 aromatic heterocycles. The van der Waals surface area contributed by atoms with E-state index in [0.29, 0.717) is 33.8 Å². The van der Waals surface area contributed by atoms with Crippen LogP contribution in [-0.2, 0) is 23.5 Å². The Kier molecular flexibility index (Phi) is 6.17. The molecule has 1 atom stereocenters. The fourth-order valence-electron chi connectivity index (χ4n) is 3.55. The molecule has 0 aliphatic carbocycles. The van der Waals surface area contributed by atoms with E-state index in [4.69, 9.17) is 0 Å².